The normalized spacial score (nSPS) is 15.1. The first kappa shape index (κ1) is 12.4. The van der Waals surface area contributed by atoms with Crippen LogP contribution in [0.4, 0.5) is 8.78 Å². The Bertz CT molecular complexity index is 336. The molecule has 0 aromatic heterocycles. The Labute approximate surface area is 91.7 Å². The minimum Gasteiger partial charge on any atom is -0.391 e. The fourth-order valence-electron chi connectivity index (χ4n) is 1.32. The molecule has 0 aliphatic carbocycles. The van der Waals surface area contributed by atoms with Crippen LogP contribution in [0.5, 0.6) is 0 Å². The lowest BCUT2D eigenvalue weighted by atomic mass is 9.99. The second kappa shape index (κ2) is 4.88. The number of aliphatic hydroxyl groups excluding tert-OH is 1. The highest BCUT2D eigenvalue weighted by atomic mass is 35.5. The number of aliphatic hydroxyl groups is 1. The molecule has 5 heteroatoms. The zero-order valence-corrected chi connectivity index (χ0v) is 8.93. The van der Waals surface area contributed by atoms with Crippen molar-refractivity contribution in [2.24, 2.45) is 5.73 Å². The van der Waals surface area contributed by atoms with E-state index in [1.165, 1.54) is 0 Å². The summed E-state index contributed by atoms with van der Waals surface area (Å²) in [5.41, 5.74) is 5.20. The molecule has 0 saturated heterocycles. The van der Waals surface area contributed by atoms with E-state index in [4.69, 9.17) is 17.3 Å². The lowest BCUT2D eigenvalue weighted by Gasteiger charge is -2.18. The van der Waals surface area contributed by atoms with Crippen LogP contribution in [0.15, 0.2) is 12.1 Å². The average Bonchev–Trinajstić information content (AvgIpc) is 2.14. The monoisotopic (exact) mass is 235 g/mol. The van der Waals surface area contributed by atoms with Crippen LogP contribution in [0.3, 0.4) is 0 Å². The van der Waals surface area contributed by atoms with Crippen LogP contribution in [0.1, 0.15) is 24.9 Å². The molecule has 1 aromatic rings. The Morgan fingerprint density at radius 1 is 1.40 bits per heavy atom. The minimum absolute atomic E-state index is 0.0352. The van der Waals surface area contributed by atoms with Crippen molar-refractivity contribution in [3.05, 3.63) is 34.4 Å². The molecule has 1 aromatic carbocycles. The molecule has 0 unspecified atom stereocenters. The van der Waals surface area contributed by atoms with E-state index in [-0.39, 0.29) is 10.6 Å². The van der Waals surface area contributed by atoms with Crippen molar-refractivity contribution in [3.63, 3.8) is 0 Å². The second-order valence-electron chi connectivity index (χ2n) is 3.28. The number of halogens is 3. The largest absolute Gasteiger partial charge is 0.391 e. The van der Waals surface area contributed by atoms with E-state index in [1.807, 2.05) is 0 Å². The third kappa shape index (κ3) is 2.65. The molecule has 2 atom stereocenters. The van der Waals surface area contributed by atoms with Gasteiger partial charge < -0.3 is 10.8 Å². The molecule has 15 heavy (non-hydrogen) atoms. The predicted octanol–water partition coefficient (Wildman–Crippen LogP) is 2.39. The number of hydrogen-bond donors (Lipinski definition) is 2. The molecule has 0 amide bonds. The van der Waals surface area contributed by atoms with Crippen LogP contribution < -0.4 is 5.73 Å². The Kier molecular flexibility index (Phi) is 4.02. The maximum Gasteiger partial charge on any atom is 0.132 e. The van der Waals surface area contributed by atoms with Gasteiger partial charge in [0.1, 0.15) is 11.6 Å². The maximum absolute atomic E-state index is 13.3. The van der Waals surface area contributed by atoms with Gasteiger partial charge in [0.2, 0.25) is 0 Å². The first-order chi connectivity index (χ1) is 6.97. The van der Waals surface area contributed by atoms with E-state index in [0.29, 0.717) is 6.42 Å². The third-order valence-electron chi connectivity index (χ3n) is 2.21. The Balaban J connectivity index is 3.13. The molecule has 3 N–H and O–H groups in total. The molecule has 0 radical (unpaired) electrons. The summed E-state index contributed by atoms with van der Waals surface area (Å²) in [6.07, 6.45) is -0.655. The summed E-state index contributed by atoms with van der Waals surface area (Å²) in [6, 6.07) is 0.872. The van der Waals surface area contributed by atoms with Crippen molar-refractivity contribution in [2.75, 3.05) is 0 Å². The summed E-state index contributed by atoms with van der Waals surface area (Å²) in [5, 5.41) is 9.37. The van der Waals surface area contributed by atoms with Gasteiger partial charge in [0.25, 0.3) is 0 Å². The van der Waals surface area contributed by atoms with Gasteiger partial charge >= 0.3 is 0 Å². The van der Waals surface area contributed by atoms with Gasteiger partial charge in [-0.1, -0.05) is 18.5 Å². The van der Waals surface area contributed by atoms with Gasteiger partial charge in [-0.15, -0.1) is 0 Å². The van der Waals surface area contributed by atoms with E-state index in [9.17, 15) is 13.9 Å². The van der Waals surface area contributed by atoms with Crippen LogP contribution >= 0.6 is 11.6 Å². The van der Waals surface area contributed by atoms with E-state index in [1.54, 1.807) is 6.92 Å². The van der Waals surface area contributed by atoms with Crippen molar-refractivity contribution in [2.45, 2.75) is 25.5 Å². The summed E-state index contributed by atoms with van der Waals surface area (Å²) in [4.78, 5) is 0. The van der Waals surface area contributed by atoms with E-state index in [0.717, 1.165) is 12.1 Å². The summed E-state index contributed by atoms with van der Waals surface area (Å²) < 4.78 is 26.7. The van der Waals surface area contributed by atoms with E-state index < -0.39 is 23.8 Å². The SMILES string of the molecule is CC[C@@H](O)[C@@H](N)c1c(F)cc(Cl)cc1F. The second-order valence-corrected chi connectivity index (χ2v) is 3.72. The van der Waals surface area contributed by atoms with Crippen LogP contribution in [-0.2, 0) is 0 Å². The van der Waals surface area contributed by atoms with Gasteiger partial charge in [-0.05, 0) is 18.6 Å². The fourth-order valence-corrected chi connectivity index (χ4v) is 1.51. The van der Waals surface area contributed by atoms with Gasteiger partial charge in [-0.3, -0.25) is 0 Å². The number of benzene rings is 1. The van der Waals surface area contributed by atoms with Crippen LogP contribution in [0.25, 0.3) is 0 Å². The van der Waals surface area contributed by atoms with Gasteiger partial charge in [-0.2, -0.15) is 0 Å². The first-order valence-corrected chi connectivity index (χ1v) is 4.93. The molecule has 0 aliphatic rings. The Morgan fingerprint density at radius 3 is 2.27 bits per heavy atom. The van der Waals surface area contributed by atoms with Gasteiger partial charge in [0, 0.05) is 10.6 Å². The quantitative estimate of drug-likeness (QED) is 0.845. The molecule has 0 spiro atoms. The molecule has 84 valence electrons. The van der Waals surface area contributed by atoms with Gasteiger partial charge in [0.05, 0.1) is 12.1 Å². The first-order valence-electron chi connectivity index (χ1n) is 4.55. The predicted molar refractivity (Wildman–Crippen MR) is 54.6 cm³/mol. The maximum atomic E-state index is 13.3. The van der Waals surface area contributed by atoms with E-state index in [2.05, 4.69) is 0 Å². The molecular formula is C10H12ClF2NO. The van der Waals surface area contributed by atoms with Crippen molar-refractivity contribution < 1.29 is 13.9 Å². The smallest absolute Gasteiger partial charge is 0.132 e. The zero-order valence-electron chi connectivity index (χ0n) is 8.17. The Morgan fingerprint density at radius 2 is 1.87 bits per heavy atom. The summed E-state index contributed by atoms with van der Waals surface area (Å²) >= 11 is 5.46. The molecule has 2 nitrogen and oxygen atoms in total. The standard InChI is InChI=1S/C10H12ClF2NO/c1-2-8(15)10(14)9-6(12)3-5(11)4-7(9)13/h3-4,8,10,15H,2,14H2,1H3/t8-,10-/m1/s1. The van der Waals surface area contributed by atoms with Crippen LogP contribution in [0.2, 0.25) is 5.02 Å². The van der Waals surface area contributed by atoms with Gasteiger partial charge in [0.15, 0.2) is 0 Å². The minimum atomic E-state index is -1.08. The molecule has 0 fully saturated rings. The van der Waals surface area contributed by atoms with Crippen molar-refractivity contribution in [1.82, 2.24) is 0 Å². The van der Waals surface area contributed by atoms with Crippen molar-refractivity contribution >= 4 is 11.6 Å². The Hall–Kier alpha value is -0.710. The lowest BCUT2D eigenvalue weighted by Crippen LogP contribution is -2.27. The highest BCUT2D eigenvalue weighted by Gasteiger charge is 2.22. The highest BCUT2D eigenvalue weighted by Crippen LogP contribution is 2.25. The highest BCUT2D eigenvalue weighted by molar-refractivity contribution is 6.30. The zero-order chi connectivity index (χ0) is 11.6. The van der Waals surface area contributed by atoms with Crippen LogP contribution in [0, 0.1) is 11.6 Å². The molecule has 0 aliphatic heterocycles. The molecule has 0 saturated carbocycles. The molecule has 0 heterocycles. The number of rotatable bonds is 3. The summed E-state index contributed by atoms with van der Waals surface area (Å²) in [6.45, 7) is 1.68. The van der Waals surface area contributed by atoms with E-state index >= 15 is 0 Å². The molecule has 1 rings (SSSR count). The summed E-state index contributed by atoms with van der Waals surface area (Å²) in [7, 11) is 0. The fraction of sp³-hybridized carbons (Fsp3) is 0.400. The van der Waals surface area contributed by atoms with Gasteiger partial charge in [-0.25, -0.2) is 8.78 Å². The number of nitrogens with two attached hydrogens (primary N) is 1. The van der Waals surface area contributed by atoms with Crippen LogP contribution in [-0.4, -0.2) is 11.2 Å². The van der Waals surface area contributed by atoms with Crippen molar-refractivity contribution in [3.8, 4) is 0 Å². The lowest BCUT2D eigenvalue weighted by molar-refractivity contribution is 0.137. The third-order valence-corrected chi connectivity index (χ3v) is 2.43. The topological polar surface area (TPSA) is 46.2 Å². The average molecular weight is 236 g/mol. The molecular weight excluding hydrogens is 224 g/mol. The summed E-state index contributed by atoms with van der Waals surface area (Å²) in [5.74, 6) is -1.67. The molecule has 0 bridgehead atoms. The van der Waals surface area contributed by atoms with Crippen molar-refractivity contribution in [1.29, 1.82) is 0 Å². The number of hydrogen-bond acceptors (Lipinski definition) is 2.